The zero-order valence-electron chi connectivity index (χ0n) is 9.22. The number of carbonyl (C=O) groups is 1. The molecule has 86 valence electrons. The number of amides is 1. The first kappa shape index (κ1) is 9.77. The summed E-state index contributed by atoms with van der Waals surface area (Å²) in [5.74, 6) is 0.943. The molecule has 6 heteroatoms. The number of nitrogens with zero attached hydrogens (tertiary/aromatic N) is 4. The third-order valence-electron chi connectivity index (χ3n) is 3.19. The summed E-state index contributed by atoms with van der Waals surface area (Å²) < 4.78 is 3.53. The van der Waals surface area contributed by atoms with E-state index < -0.39 is 0 Å². The summed E-state index contributed by atoms with van der Waals surface area (Å²) in [7, 11) is 0. The zero-order chi connectivity index (χ0) is 11.0. The van der Waals surface area contributed by atoms with E-state index in [0.29, 0.717) is 0 Å². The van der Waals surface area contributed by atoms with Crippen LogP contribution in [0.2, 0.25) is 0 Å². The minimum absolute atomic E-state index is 0.0133. The van der Waals surface area contributed by atoms with Crippen molar-refractivity contribution in [2.75, 3.05) is 19.6 Å². The highest BCUT2D eigenvalue weighted by atomic mass is 16.2. The van der Waals surface area contributed by atoms with E-state index in [1.54, 1.807) is 0 Å². The molecule has 3 heterocycles. The van der Waals surface area contributed by atoms with Crippen LogP contribution in [-0.2, 0) is 13.1 Å². The maximum atomic E-state index is 12.1. The minimum Gasteiger partial charge on any atom is -0.309 e. The van der Waals surface area contributed by atoms with Crippen LogP contribution in [0.5, 0.6) is 0 Å². The molecule has 1 aromatic rings. The molecule has 16 heavy (non-hydrogen) atoms. The first-order valence-corrected chi connectivity index (χ1v) is 5.82. The molecule has 0 aromatic carbocycles. The Morgan fingerprint density at radius 3 is 3.00 bits per heavy atom. The molecule has 1 N–H and O–H groups in total. The molecule has 0 saturated carbocycles. The predicted molar refractivity (Wildman–Crippen MR) is 55.7 cm³/mol. The van der Waals surface area contributed by atoms with Crippen molar-refractivity contribution < 1.29 is 9.36 Å². The van der Waals surface area contributed by atoms with E-state index in [-0.39, 0.29) is 6.03 Å². The Morgan fingerprint density at radius 1 is 1.44 bits per heavy atom. The maximum Gasteiger partial charge on any atom is 0.418 e. The van der Waals surface area contributed by atoms with Crippen molar-refractivity contribution in [3.8, 4) is 0 Å². The SMILES string of the molecule is O=C(N1CCCC1)n1c[n+]2c(n1)CNCC2. The number of aromatic nitrogens is 3. The van der Waals surface area contributed by atoms with Crippen LogP contribution in [0.4, 0.5) is 4.79 Å². The lowest BCUT2D eigenvalue weighted by Crippen LogP contribution is -2.47. The van der Waals surface area contributed by atoms with E-state index in [1.165, 1.54) is 4.68 Å². The highest BCUT2D eigenvalue weighted by Crippen LogP contribution is 2.08. The Hall–Kier alpha value is -1.43. The molecule has 0 unspecified atom stereocenters. The Kier molecular flexibility index (Phi) is 2.36. The van der Waals surface area contributed by atoms with Crippen molar-refractivity contribution in [2.45, 2.75) is 25.9 Å². The number of hydrogen-bond acceptors (Lipinski definition) is 3. The van der Waals surface area contributed by atoms with E-state index in [2.05, 4.69) is 10.4 Å². The Balaban J connectivity index is 1.83. The van der Waals surface area contributed by atoms with Gasteiger partial charge in [-0.15, -0.1) is 0 Å². The van der Waals surface area contributed by atoms with Gasteiger partial charge in [-0.1, -0.05) is 0 Å². The average Bonchev–Trinajstić information content (AvgIpc) is 2.97. The molecule has 0 spiro atoms. The second-order valence-corrected chi connectivity index (χ2v) is 4.32. The van der Waals surface area contributed by atoms with Crippen molar-refractivity contribution >= 4 is 6.03 Å². The van der Waals surface area contributed by atoms with Crippen molar-refractivity contribution in [3.05, 3.63) is 12.2 Å². The van der Waals surface area contributed by atoms with Gasteiger partial charge in [-0.3, -0.25) is 0 Å². The summed E-state index contributed by atoms with van der Waals surface area (Å²) in [5, 5.41) is 7.56. The van der Waals surface area contributed by atoms with Gasteiger partial charge >= 0.3 is 6.03 Å². The van der Waals surface area contributed by atoms with Crippen molar-refractivity contribution in [1.29, 1.82) is 0 Å². The summed E-state index contributed by atoms with van der Waals surface area (Å²) >= 11 is 0. The highest BCUT2D eigenvalue weighted by molar-refractivity contribution is 5.75. The van der Waals surface area contributed by atoms with Gasteiger partial charge in [0, 0.05) is 19.6 Å². The van der Waals surface area contributed by atoms with Crippen LogP contribution in [0.15, 0.2) is 6.33 Å². The molecule has 0 bridgehead atoms. The van der Waals surface area contributed by atoms with Gasteiger partial charge in [-0.25, -0.2) is 9.36 Å². The molecular formula is C10H16N5O+. The number of likely N-dealkylation sites (tertiary alicyclic amines) is 1. The molecule has 1 aromatic heterocycles. The van der Waals surface area contributed by atoms with Crippen LogP contribution in [0.3, 0.4) is 0 Å². The quantitative estimate of drug-likeness (QED) is 0.593. The van der Waals surface area contributed by atoms with Crippen molar-refractivity contribution in [2.24, 2.45) is 0 Å². The topological polar surface area (TPSA) is 54.0 Å². The monoisotopic (exact) mass is 222 g/mol. The first-order chi connectivity index (χ1) is 7.84. The second kappa shape index (κ2) is 3.86. The number of nitrogens with one attached hydrogen (secondary N) is 1. The van der Waals surface area contributed by atoms with Gasteiger partial charge in [0.2, 0.25) is 6.33 Å². The maximum absolute atomic E-state index is 12.1. The van der Waals surface area contributed by atoms with Gasteiger partial charge in [0.05, 0.1) is 18.2 Å². The molecule has 0 atom stereocenters. The van der Waals surface area contributed by atoms with Gasteiger partial charge in [-0.2, -0.15) is 0 Å². The lowest BCUT2D eigenvalue weighted by molar-refractivity contribution is -0.707. The summed E-state index contributed by atoms with van der Waals surface area (Å²) in [6.07, 6.45) is 4.04. The fourth-order valence-electron chi connectivity index (χ4n) is 2.28. The highest BCUT2D eigenvalue weighted by Gasteiger charge is 2.28. The molecule has 1 amide bonds. The molecule has 0 radical (unpaired) electrons. The first-order valence-electron chi connectivity index (χ1n) is 5.82. The lowest BCUT2D eigenvalue weighted by Gasteiger charge is -2.09. The summed E-state index contributed by atoms with van der Waals surface area (Å²) in [4.78, 5) is 13.9. The standard InChI is InChI=1S/C10H16N5O/c16-10(13-4-1-2-5-13)15-8-14-6-3-11-7-9(14)12-15/h8,11H,1-7H2/q+1. The molecule has 1 saturated heterocycles. The second-order valence-electron chi connectivity index (χ2n) is 4.32. The van der Waals surface area contributed by atoms with Gasteiger partial charge in [0.25, 0.3) is 5.82 Å². The van der Waals surface area contributed by atoms with Gasteiger partial charge in [0.1, 0.15) is 0 Å². The summed E-state index contributed by atoms with van der Waals surface area (Å²) in [6, 6.07) is 0.0133. The van der Waals surface area contributed by atoms with Gasteiger partial charge in [0.15, 0.2) is 0 Å². The third-order valence-corrected chi connectivity index (χ3v) is 3.19. The molecule has 2 aliphatic rings. The molecule has 0 aliphatic carbocycles. The Morgan fingerprint density at radius 2 is 2.25 bits per heavy atom. The summed E-state index contributed by atoms with van der Waals surface area (Å²) in [5.41, 5.74) is 0. The van der Waals surface area contributed by atoms with E-state index in [0.717, 1.165) is 51.4 Å². The Labute approximate surface area is 93.8 Å². The normalized spacial score (nSPS) is 19.9. The summed E-state index contributed by atoms with van der Waals surface area (Å²) in [6.45, 7) is 4.32. The fraction of sp³-hybridized carbons (Fsp3) is 0.700. The molecular weight excluding hydrogens is 206 g/mol. The number of carbonyl (C=O) groups excluding carboxylic acids is 1. The smallest absolute Gasteiger partial charge is 0.309 e. The average molecular weight is 222 g/mol. The predicted octanol–water partition coefficient (Wildman–Crippen LogP) is -0.662. The van der Waals surface area contributed by atoms with Gasteiger partial charge < -0.3 is 10.2 Å². The largest absolute Gasteiger partial charge is 0.418 e. The van der Waals surface area contributed by atoms with Crippen LogP contribution in [0.1, 0.15) is 18.7 Å². The van der Waals surface area contributed by atoms with E-state index in [9.17, 15) is 4.79 Å². The van der Waals surface area contributed by atoms with E-state index in [1.807, 2.05) is 15.8 Å². The number of rotatable bonds is 0. The lowest BCUT2D eigenvalue weighted by atomic mass is 10.4. The molecule has 6 nitrogen and oxygen atoms in total. The molecule has 2 aliphatic heterocycles. The number of fused-ring (bicyclic) bond motifs is 1. The van der Waals surface area contributed by atoms with Crippen LogP contribution < -0.4 is 9.88 Å². The van der Waals surface area contributed by atoms with Crippen LogP contribution in [-0.4, -0.2) is 40.3 Å². The van der Waals surface area contributed by atoms with E-state index in [4.69, 9.17) is 0 Å². The van der Waals surface area contributed by atoms with Crippen LogP contribution in [0, 0.1) is 0 Å². The van der Waals surface area contributed by atoms with Gasteiger partial charge in [-0.05, 0) is 17.5 Å². The van der Waals surface area contributed by atoms with Crippen molar-refractivity contribution in [1.82, 2.24) is 20.0 Å². The van der Waals surface area contributed by atoms with E-state index >= 15 is 0 Å². The Bertz CT molecular complexity index is 384. The molecule has 1 fully saturated rings. The third kappa shape index (κ3) is 1.59. The molecule has 3 rings (SSSR count). The fourth-order valence-corrected chi connectivity index (χ4v) is 2.28. The number of hydrogen-bond donors (Lipinski definition) is 1. The zero-order valence-corrected chi connectivity index (χ0v) is 9.22. The van der Waals surface area contributed by atoms with Crippen LogP contribution >= 0.6 is 0 Å². The van der Waals surface area contributed by atoms with Crippen LogP contribution in [0.25, 0.3) is 0 Å². The van der Waals surface area contributed by atoms with Crippen molar-refractivity contribution in [3.63, 3.8) is 0 Å². The minimum atomic E-state index is 0.0133.